The van der Waals surface area contributed by atoms with E-state index in [1.165, 1.54) is 5.56 Å². The van der Waals surface area contributed by atoms with E-state index in [1.54, 1.807) is 0 Å². The molecule has 0 spiro atoms. The summed E-state index contributed by atoms with van der Waals surface area (Å²) in [6.07, 6.45) is 2.23. The van der Waals surface area contributed by atoms with Crippen LogP contribution in [0.25, 0.3) is 11.1 Å². The van der Waals surface area contributed by atoms with Crippen LogP contribution < -0.4 is 11.1 Å². The Balaban J connectivity index is 1.96. The van der Waals surface area contributed by atoms with Crippen molar-refractivity contribution in [1.82, 2.24) is 10.3 Å². The van der Waals surface area contributed by atoms with Gasteiger partial charge in [0.2, 0.25) is 0 Å². The maximum absolute atomic E-state index is 11.1. The summed E-state index contributed by atoms with van der Waals surface area (Å²) in [4.78, 5) is 13.8. The number of benzene rings is 1. The third kappa shape index (κ3) is 2.08. The summed E-state index contributed by atoms with van der Waals surface area (Å²) in [5.74, 6) is 0.152. The summed E-state index contributed by atoms with van der Waals surface area (Å²) in [5, 5.41) is 3.52. The quantitative estimate of drug-likeness (QED) is 0.812. The molecule has 18 heavy (non-hydrogen) atoms. The molecule has 1 aromatic heterocycles. The van der Waals surface area contributed by atoms with Gasteiger partial charge in [0.15, 0.2) is 5.58 Å². The number of hydrogen-bond acceptors (Lipinski definition) is 3. The number of aromatic amines is 1. The summed E-state index contributed by atoms with van der Waals surface area (Å²) in [7, 11) is 0. The molecule has 0 saturated carbocycles. The lowest BCUT2D eigenvalue weighted by Gasteiger charge is -2.36. The van der Waals surface area contributed by atoms with Crippen molar-refractivity contribution in [3.63, 3.8) is 0 Å². The van der Waals surface area contributed by atoms with Crippen molar-refractivity contribution in [2.45, 2.75) is 38.1 Å². The largest absolute Gasteiger partial charge is 0.417 e. The van der Waals surface area contributed by atoms with Gasteiger partial charge in [0, 0.05) is 5.54 Å². The maximum atomic E-state index is 11.1. The van der Waals surface area contributed by atoms with Crippen molar-refractivity contribution in [2.24, 2.45) is 0 Å². The highest BCUT2D eigenvalue weighted by atomic mass is 16.4. The van der Waals surface area contributed by atoms with Crippen molar-refractivity contribution in [2.75, 3.05) is 6.54 Å². The molecule has 0 amide bonds. The van der Waals surface area contributed by atoms with Crippen molar-refractivity contribution < 1.29 is 4.42 Å². The van der Waals surface area contributed by atoms with Gasteiger partial charge < -0.3 is 9.73 Å². The van der Waals surface area contributed by atoms with Gasteiger partial charge in [-0.1, -0.05) is 6.07 Å². The zero-order chi connectivity index (χ0) is 12.8. The van der Waals surface area contributed by atoms with Gasteiger partial charge in [0.1, 0.15) is 0 Å². The molecule has 0 radical (unpaired) electrons. The molecule has 4 heteroatoms. The van der Waals surface area contributed by atoms with Crippen LogP contribution in [0.1, 0.15) is 38.2 Å². The molecule has 3 rings (SSSR count). The van der Waals surface area contributed by atoms with Gasteiger partial charge in [0.05, 0.1) is 5.52 Å². The standard InChI is InChI=1S/C14H18N2O2/c1-14(2)8-10(5-6-15-14)9-3-4-11-12(7-9)18-13(17)16-11/h3-4,7,10,15H,5-6,8H2,1-2H3,(H,16,17). The second-order valence-electron chi connectivity index (χ2n) is 5.77. The molecule has 2 heterocycles. The molecule has 1 saturated heterocycles. The number of piperidine rings is 1. The normalized spacial score (nSPS) is 23.3. The van der Waals surface area contributed by atoms with Gasteiger partial charge in [-0.15, -0.1) is 0 Å². The first-order valence-electron chi connectivity index (χ1n) is 6.41. The Morgan fingerprint density at radius 1 is 1.39 bits per heavy atom. The van der Waals surface area contributed by atoms with Crippen LogP contribution in [-0.4, -0.2) is 17.1 Å². The van der Waals surface area contributed by atoms with Crippen LogP contribution in [0, 0.1) is 0 Å². The van der Waals surface area contributed by atoms with Gasteiger partial charge in [-0.25, -0.2) is 4.79 Å². The van der Waals surface area contributed by atoms with Crippen LogP contribution >= 0.6 is 0 Å². The Kier molecular flexibility index (Phi) is 2.55. The minimum atomic E-state index is -0.382. The van der Waals surface area contributed by atoms with Gasteiger partial charge >= 0.3 is 5.76 Å². The second kappa shape index (κ2) is 3.99. The molecule has 1 aromatic carbocycles. The van der Waals surface area contributed by atoms with Crippen LogP contribution in [0.4, 0.5) is 0 Å². The molecule has 1 fully saturated rings. The molecular weight excluding hydrogens is 228 g/mol. The van der Waals surface area contributed by atoms with E-state index in [0.29, 0.717) is 11.5 Å². The fourth-order valence-electron chi connectivity index (χ4n) is 2.88. The molecule has 1 atom stereocenters. The van der Waals surface area contributed by atoms with E-state index in [0.717, 1.165) is 24.9 Å². The van der Waals surface area contributed by atoms with Crippen LogP contribution in [0.15, 0.2) is 27.4 Å². The lowest BCUT2D eigenvalue weighted by atomic mass is 9.80. The molecule has 0 bridgehead atoms. The monoisotopic (exact) mass is 246 g/mol. The van der Waals surface area contributed by atoms with E-state index >= 15 is 0 Å². The average Bonchev–Trinajstić information content (AvgIpc) is 2.66. The fraction of sp³-hybridized carbons (Fsp3) is 0.500. The van der Waals surface area contributed by atoms with Crippen molar-refractivity contribution in [3.8, 4) is 0 Å². The predicted molar refractivity (Wildman–Crippen MR) is 70.9 cm³/mol. The Bertz CT molecular complexity index is 624. The van der Waals surface area contributed by atoms with E-state index < -0.39 is 0 Å². The Morgan fingerprint density at radius 3 is 3.00 bits per heavy atom. The Hall–Kier alpha value is -1.55. The van der Waals surface area contributed by atoms with Crippen LogP contribution in [0.5, 0.6) is 0 Å². The van der Waals surface area contributed by atoms with Gasteiger partial charge in [-0.3, -0.25) is 4.98 Å². The molecule has 1 aliphatic rings. The number of fused-ring (bicyclic) bond motifs is 1. The van der Waals surface area contributed by atoms with E-state index in [-0.39, 0.29) is 11.3 Å². The third-order valence-corrected chi connectivity index (χ3v) is 3.77. The minimum Gasteiger partial charge on any atom is -0.408 e. The first-order valence-corrected chi connectivity index (χ1v) is 6.41. The topological polar surface area (TPSA) is 58.0 Å². The summed E-state index contributed by atoms with van der Waals surface area (Å²) in [5.41, 5.74) is 2.88. The number of H-pyrrole nitrogens is 1. The van der Waals surface area contributed by atoms with E-state index in [1.807, 2.05) is 12.1 Å². The van der Waals surface area contributed by atoms with E-state index in [4.69, 9.17) is 4.42 Å². The lowest BCUT2D eigenvalue weighted by molar-refractivity contribution is 0.275. The lowest BCUT2D eigenvalue weighted by Crippen LogP contribution is -2.45. The van der Waals surface area contributed by atoms with Gasteiger partial charge in [0.25, 0.3) is 0 Å². The van der Waals surface area contributed by atoms with Crippen molar-refractivity contribution >= 4 is 11.1 Å². The second-order valence-corrected chi connectivity index (χ2v) is 5.77. The maximum Gasteiger partial charge on any atom is 0.417 e. The molecule has 0 aliphatic carbocycles. The summed E-state index contributed by atoms with van der Waals surface area (Å²) in [6, 6.07) is 6.03. The molecule has 4 nitrogen and oxygen atoms in total. The summed E-state index contributed by atoms with van der Waals surface area (Å²) < 4.78 is 5.12. The van der Waals surface area contributed by atoms with Gasteiger partial charge in [-0.05, 0) is 56.8 Å². The molecule has 96 valence electrons. The van der Waals surface area contributed by atoms with Crippen LogP contribution in [-0.2, 0) is 0 Å². The number of rotatable bonds is 1. The first kappa shape index (κ1) is 11.5. The first-order chi connectivity index (χ1) is 8.53. The van der Waals surface area contributed by atoms with Crippen LogP contribution in [0.3, 0.4) is 0 Å². The molecule has 2 aromatic rings. The molecule has 2 N–H and O–H groups in total. The smallest absolute Gasteiger partial charge is 0.408 e. The number of nitrogens with one attached hydrogen (secondary N) is 2. The number of oxazole rings is 1. The summed E-state index contributed by atoms with van der Waals surface area (Å²) >= 11 is 0. The summed E-state index contributed by atoms with van der Waals surface area (Å²) in [6.45, 7) is 5.50. The SMILES string of the molecule is CC1(C)CC(c2ccc3[nH]c(=O)oc3c2)CCN1. The zero-order valence-electron chi connectivity index (χ0n) is 10.7. The van der Waals surface area contributed by atoms with E-state index in [2.05, 4.69) is 30.2 Å². The van der Waals surface area contributed by atoms with Crippen molar-refractivity contribution in [1.29, 1.82) is 0 Å². The highest BCUT2D eigenvalue weighted by Gasteiger charge is 2.28. The zero-order valence-corrected chi connectivity index (χ0v) is 10.7. The predicted octanol–water partition coefficient (Wildman–Crippen LogP) is 2.37. The minimum absolute atomic E-state index is 0.177. The van der Waals surface area contributed by atoms with E-state index in [9.17, 15) is 4.79 Å². The molecule has 1 aliphatic heterocycles. The average molecular weight is 246 g/mol. The Labute approximate surface area is 105 Å². The molecule has 1 unspecified atom stereocenters. The van der Waals surface area contributed by atoms with Crippen LogP contribution in [0.2, 0.25) is 0 Å². The third-order valence-electron chi connectivity index (χ3n) is 3.77. The number of aromatic nitrogens is 1. The van der Waals surface area contributed by atoms with Gasteiger partial charge in [-0.2, -0.15) is 0 Å². The Morgan fingerprint density at radius 2 is 2.22 bits per heavy atom. The molecular formula is C14H18N2O2. The number of hydrogen-bond donors (Lipinski definition) is 2. The highest BCUT2D eigenvalue weighted by Crippen LogP contribution is 2.33. The highest BCUT2D eigenvalue weighted by molar-refractivity contribution is 5.72. The van der Waals surface area contributed by atoms with Crippen molar-refractivity contribution in [3.05, 3.63) is 34.3 Å². The fourth-order valence-corrected chi connectivity index (χ4v) is 2.88.